The third kappa shape index (κ3) is 1.77. The van der Waals surface area contributed by atoms with Crippen LogP contribution in [-0.2, 0) is 0 Å². The number of rotatable bonds is 2. The Hall–Kier alpha value is -1.53. The van der Waals surface area contributed by atoms with E-state index in [4.69, 9.17) is 10.00 Å². The topological polar surface area (TPSA) is 33.0 Å². The summed E-state index contributed by atoms with van der Waals surface area (Å²) < 4.78 is 5.30. The van der Waals surface area contributed by atoms with E-state index >= 15 is 0 Å². The molecule has 2 aromatic rings. The van der Waals surface area contributed by atoms with E-state index in [0.29, 0.717) is 0 Å². The fourth-order valence-corrected chi connectivity index (χ4v) is 2.16. The number of methoxy groups -OCH3 is 1. The molecule has 2 aromatic carbocycles. The molecule has 0 aliphatic heterocycles. The summed E-state index contributed by atoms with van der Waals surface area (Å²) in [4.78, 5) is -0.289. The summed E-state index contributed by atoms with van der Waals surface area (Å²) in [5.41, 5.74) is 0.971. The van der Waals surface area contributed by atoms with Gasteiger partial charge in [-0.1, -0.05) is 46.3 Å². The molecule has 0 aliphatic carbocycles. The molecular formula is C13H10BrNO. The van der Waals surface area contributed by atoms with E-state index in [1.54, 1.807) is 7.11 Å². The fraction of sp³-hybridized carbons (Fsp3) is 0.154. The molecule has 0 N–H and O–H groups in total. The largest absolute Gasteiger partial charge is 0.496 e. The number of halogens is 1. The van der Waals surface area contributed by atoms with Crippen molar-refractivity contribution in [3.05, 3.63) is 42.0 Å². The lowest BCUT2D eigenvalue weighted by Crippen LogP contribution is -1.91. The third-order valence-corrected chi connectivity index (χ3v) is 3.22. The van der Waals surface area contributed by atoms with Crippen LogP contribution < -0.4 is 4.74 Å². The first-order chi connectivity index (χ1) is 7.77. The molecule has 80 valence electrons. The highest BCUT2D eigenvalue weighted by Gasteiger charge is 2.11. The van der Waals surface area contributed by atoms with Gasteiger partial charge in [-0.25, -0.2) is 0 Å². The van der Waals surface area contributed by atoms with Gasteiger partial charge in [-0.05, 0) is 17.0 Å². The first-order valence-corrected chi connectivity index (χ1v) is 5.79. The second-order valence-corrected chi connectivity index (χ2v) is 4.31. The van der Waals surface area contributed by atoms with Gasteiger partial charge in [0.25, 0.3) is 0 Å². The van der Waals surface area contributed by atoms with Gasteiger partial charge >= 0.3 is 0 Å². The van der Waals surface area contributed by atoms with Gasteiger partial charge in [0.15, 0.2) is 0 Å². The third-order valence-electron chi connectivity index (χ3n) is 2.52. The molecule has 0 amide bonds. The lowest BCUT2D eigenvalue weighted by Gasteiger charge is -2.10. The highest BCUT2D eigenvalue weighted by molar-refractivity contribution is 9.09. The normalized spacial score (nSPS) is 12.1. The zero-order chi connectivity index (χ0) is 11.5. The average molecular weight is 276 g/mol. The summed E-state index contributed by atoms with van der Waals surface area (Å²) in [5, 5.41) is 11.0. The molecule has 0 fully saturated rings. The van der Waals surface area contributed by atoms with Gasteiger partial charge in [-0.2, -0.15) is 5.26 Å². The lowest BCUT2D eigenvalue weighted by molar-refractivity contribution is 0.419. The standard InChI is InChI=1S/C13H10BrNO/c1-16-13-7-6-10(12(14)8-15)9-4-2-3-5-11(9)13/h2-7,12H,1H3. The Bertz CT molecular complexity index is 559. The van der Waals surface area contributed by atoms with Gasteiger partial charge in [-0.3, -0.25) is 0 Å². The summed E-state index contributed by atoms with van der Waals surface area (Å²) >= 11 is 3.35. The van der Waals surface area contributed by atoms with E-state index in [0.717, 1.165) is 22.1 Å². The number of benzene rings is 2. The van der Waals surface area contributed by atoms with Crippen LogP contribution in [0.1, 0.15) is 10.4 Å². The number of hydrogen-bond acceptors (Lipinski definition) is 2. The Morgan fingerprint density at radius 2 is 1.88 bits per heavy atom. The van der Waals surface area contributed by atoms with Crippen molar-refractivity contribution in [3.63, 3.8) is 0 Å². The Morgan fingerprint density at radius 3 is 2.50 bits per heavy atom. The average Bonchev–Trinajstić information content (AvgIpc) is 2.36. The molecule has 0 spiro atoms. The monoisotopic (exact) mass is 275 g/mol. The van der Waals surface area contributed by atoms with Crippen molar-refractivity contribution in [2.24, 2.45) is 0 Å². The van der Waals surface area contributed by atoms with E-state index in [-0.39, 0.29) is 4.83 Å². The minimum atomic E-state index is -0.289. The molecule has 1 atom stereocenters. The number of nitrogens with zero attached hydrogens (tertiary/aromatic N) is 1. The smallest absolute Gasteiger partial charge is 0.127 e. The fourth-order valence-electron chi connectivity index (χ4n) is 1.76. The van der Waals surface area contributed by atoms with E-state index in [1.165, 1.54) is 0 Å². The number of hydrogen-bond donors (Lipinski definition) is 0. The van der Waals surface area contributed by atoms with Crippen LogP contribution in [0.4, 0.5) is 0 Å². The van der Waals surface area contributed by atoms with Crippen molar-refractivity contribution in [2.75, 3.05) is 7.11 Å². The molecule has 0 radical (unpaired) electrons. The predicted molar refractivity (Wildman–Crippen MR) is 67.8 cm³/mol. The summed E-state index contributed by atoms with van der Waals surface area (Å²) in [7, 11) is 1.65. The van der Waals surface area contributed by atoms with E-state index in [1.807, 2.05) is 36.4 Å². The summed E-state index contributed by atoms with van der Waals surface area (Å²) in [6.07, 6.45) is 0. The van der Waals surface area contributed by atoms with Crippen LogP contribution in [0.3, 0.4) is 0 Å². The molecule has 1 unspecified atom stereocenters. The van der Waals surface area contributed by atoms with Crippen molar-refractivity contribution in [3.8, 4) is 11.8 Å². The highest BCUT2D eigenvalue weighted by Crippen LogP contribution is 2.34. The van der Waals surface area contributed by atoms with Gasteiger partial charge in [-0.15, -0.1) is 0 Å². The minimum Gasteiger partial charge on any atom is -0.496 e. The molecule has 0 aromatic heterocycles. The predicted octanol–water partition coefficient (Wildman–Crippen LogP) is 3.81. The molecule has 2 nitrogen and oxygen atoms in total. The number of nitriles is 1. The first-order valence-electron chi connectivity index (χ1n) is 4.87. The maximum Gasteiger partial charge on any atom is 0.127 e. The van der Waals surface area contributed by atoms with E-state index in [2.05, 4.69) is 22.0 Å². The molecular weight excluding hydrogens is 266 g/mol. The Balaban J connectivity index is 2.75. The maximum atomic E-state index is 8.95. The number of fused-ring (bicyclic) bond motifs is 1. The van der Waals surface area contributed by atoms with Gasteiger partial charge in [0.2, 0.25) is 0 Å². The van der Waals surface area contributed by atoms with Gasteiger partial charge < -0.3 is 4.74 Å². The van der Waals surface area contributed by atoms with Gasteiger partial charge in [0.05, 0.1) is 13.2 Å². The van der Waals surface area contributed by atoms with Gasteiger partial charge in [0, 0.05) is 5.39 Å². The quantitative estimate of drug-likeness (QED) is 0.781. The molecule has 0 heterocycles. The Kier molecular flexibility index (Phi) is 3.12. The van der Waals surface area contributed by atoms with Crippen molar-refractivity contribution in [2.45, 2.75) is 4.83 Å². The van der Waals surface area contributed by atoms with Crippen LogP contribution in [0.2, 0.25) is 0 Å². The second-order valence-electron chi connectivity index (χ2n) is 3.39. The summed E-state index contributed by atoms with van der Waals surface area (Å²) in [6.45, 7) is 0. The number of alkyl halides is 1. The zero-order valence-electron chi connectivity index (χ0n) is 8.77. The Labute approximate surface area is 103 Å². The zero-order valence-corrected chi connectivity index (χ0v) is 10.4. The van der Waals surface area contributed by atoms with Crippen molar-refractivity contribution in [1.82, 2.24) is 0 Å². The molecule has 16 heavy (non-hydrogen) atoms. The van der Waals surface area contributed by atoms with Crippen molar-refractivity contribution >= 4 is 26.7 Å². The second kappa shape index (κ2) is 4.54. The van der Waals surface area contributed by atoms with Gasteiger partial charge in [0.1, 0.15) is 10.6 Å². The van der Waals surface area contributed by atoms with Crippen molar-refractivity contribution < 1.29 is 4.74 Å². The van der Waals surface area contributed by atoms with Crippen LogP contribution in [-0.4, -0.2) is 7.11 Å². The molecule has 0 aliphatic rings. The SMILES string of the molecule is COc1ccc(C(Br)C#N)c2ccccc12. The molecule has 0 saturated heterocycles. The highest BCUT2D eigenvalue weighted by atomic mass is 79.9. The van der Waals surface area contributed by atoms with Crippen LogP contribution in [0, 0.1) is 11.3 Å². The van der Waals surface area contributed by atoms with Crippen LogP contribution >= 0.6 is 15.9 Å². The molecule has 0 bridgehead atoms. The molecule has 2 rings (SSSR count). The van der Waals surface area contributed by atoms with E-state index in [9.17, 15) is 0 Å². The van der Waals surface area contributed by atoms with Crippen LogP contribution in [0.15, 0.2) is 36.4 Å². The number of ether oxygens (including phenoxy) is 1. The van der Waals surface area contributed by atoms with E-state index < -0.39 is 0 Å². The van der Waals surface area contributed by atoms with Crippen molar-refractivity contribution in [1.29, 1.82) is 5.26 Å². The Morgan fingerprint density at radius 1 is 1.19 bits per heavy atom. The van der Waals surface area contributed by atoms with Crippen LogP contribution in [0.5, 0.6) is 5.75 Å². The van der Waals surface area contributed by atoms with Crippen LogP contribution in [0.25, 0.3) is 10.8 Å². The minimum absolute atomic E-state index is 0.289. The summed E-state index contributed by atoms with van der Waals surface area (Å²) in [6, 6.07) is 13.9. The molecule has 3 heteroatoms. The maximum absolute atomic E-state index is 8.95. The summed E-state index contributed by atoms with van der Waals surface area (Å²) in [5.74, 6) is 0.831. The first kappa shape index (κ1) is 11.0. The lowest BCUT2D eigenvalue weighted by atomic mass is 10.0. The molecule has 0 saturated carbocycles.